The van der Waals surface area contributed by atoms with Gasteiger partial charge in [0.25, 0.3) is 0 Å². The Morgan fingerprint density at radius 1 is 1.10 bits per heavy atom. The standard InChI is InChI=1S/C16H13F3N2/c1-10-4-2-3-5-11(10)8-15-20-13-7-6-12(16(17,18)19)9-14(13)21-15/h2-7,9H,8H2,1H3,(H,20,21). The summed E-state index contributed by atoms with van der Waals surface area (Å²) >= 11 is 0. The Hall–Kier alpha value is -2.30. The molecule has 0 fully saturated rings. The first-order valence-corrected chi connectivity index (χ1v) is 6.54. The Morgan fingerprint density at radius 3 is 2.57 bits per heavy atom. The molecule has 0 unspecified atom stereocenters. The van der Waals surface area contributed by atoms with Gasteiger partial charge in [0.05, 0.1) is 16.6 Å². The van der Waals surface area contributed by atoms with Gasteiger partial charge in [-0.15, -0.1) is 0 Å². The predicted molar refractivity (Wildman–Crippen MR) is 75.1 cm³/mol. The number of benzene rings is 2. The fourth-order valence-electron chi connectivity index (χ4n) is 2.31. The first kappa shape index (κ1) is 13.7. The number of fused-ring (bicyclic) bond motifs is 1. The van der Waals surface area contributed by atoms with Crippen LogP contribution in [0.5, 0.6) is 0 Å². The van der Waals surface area contributed by atoms with Gasteiger partial charge in [-0.1, -0.05) is 24.3 Å². The molecule has 0 saturated heterocycles. The third-order valence-electron chi connectivity index (χ3n) is 3.48. The maximum absolute atomic E-state index is 12.7. The minimum atomic E-state index is -4.34. The monoisotopic (exact) mass is 290 g/mol. The summed E-state index contributed by atoms with van der Waals surface area (Å²) in [6.45, 7) is 2.00. The van der Waals surface area contributed by atoms with Crippen LogP contribution in [-0.4, -0.2) is 9.97 Å². The van der Waals surface area contributed by atoms with Crippen LogP contribution in [0, 0.1) is 6.92 Å². The number of hydrogen-bond acceptors (Lipinski definition) is 1. The topological polar surface area (TPSA) is 28.7 Å². The van der Waals surface area contributed by atoms with E-state index in [0.717, 1.165) is 23.3 Å². The summed E-state index contributed by atoms with van der Waals surface area (Å²) in [5, 5.41) is 0. The van der Waals surface area contributed by atoms with E-state index in [9.17, 15) is 13.2 Å². The highest BCUT2D eigenvalue weighted by Crippen LogP contribution is 2.31. The molecule has 21 heavy (non-hydrogen) atoms. The van der Waals surface area contributed by atoms with E-state index in [2.05, 4.69) is 9.97 Å². The number of aromatic nitrogens is 2. The van der Waals surface area contributed by atoms with E-state index in [0.29, 0.717) is 23.3 Å². The maximum atomic E-state index is 12.7. The largest absolute Gasteiger partial charge is 0.416 e. The van der Waals surface area contributed by atoms with E-state index in [-0.39, 0.29) is 0 Å². The summed E-state index contributed by atoms with van der Waals surface area (Å²) < 4.78 is 38.1. The van der Waals surface area contributed by atoms with Gasteiger partial charge in [-0.05, 0) is 36.2 Å². The van der Waals surface area contributed by atoms with E-state index in [1.54, 1.807) is 0 Å². The van der Waals surface area contributed by atoms with E-state index < -0.39 is 11.7 Å². The predicted octanol–water partition coefficient (Wildman–Crippen LogP) is 4.48. The first-order valence-electron chi connectivity index (χ1n) is 6.54. The van der Waals surface area contributed by atoms with Crippen LogP contribution in [0.3, 0.4) is 0 Å². The molecule has 0 saturated carbocycles. The fourth-order valence-corrected chi connectivity index (χ4v) is 2.31. The van der Waals surface area contributed by atoms with Gasteiger partial charge in [0, 0.05) is 6.42 Å². The van der Waals surface area contributed by atoms with Crippen LogP contribution in [-0.2, 0) is 12.6 Å². The van der Waals surface area contributed by atoms with Crippen molar-refractivity contribution < 1.29 is 13.2 Å². The van der Waals surface area contributed by atoms with Crippen LogP contribution < -0.4 is 0 Å². The molecule has 1 aromatic heterocycles. The van der Waals surface area contributed by atoms with E-state index >= 15 is 0 Å². The second-order valence-corrected chi connectivity index (χ2v) is 5.02. The number of H-pyrrole nitrogens is 1. The van der Waals surface area contributed by atoms with Crippen LogP contribution in [0.1, 0.15) is 22.5 Å². The summed E-state index contributed by atoms with van der Waals surface area (Å²) in [6.07, 6.45) is -3.77. The van der Waals surface area contributed by atoms with Crippen molar-refractivity contribution in [2.24, 2.45) is 0 Å². The molecule has 0 spiro atoms. The molecule has 2 aromatic carbocycles. The van der Waals surface area contributed by atoms with E-state index in [1.807, 2.05) is 31.2 Å². The summed E-state index contributed by atoms with van der Waals surface area (Å²) in [6, 6.07) is 11.4. The molecule has 0 aliphatic carbocycles. The van der Waals surface area contributed by atoms with Gasteiger partial charge in [-0.3, -0.25) is 0 Å². The van der Waals surface area contributed by atoms with Gasteiger partial charge in [0.1, 0.15) is 5.82 Å². The minimum absolute atomic E-state index is 0.411. The van der Waals surface area contributed by atoms with E-state index in [1.165, 1.54) is 6.07 Å². The first-order chi connectivity index (χ1) is 9.93. The molecule has 0 atom stereocenters. The average Bonchev–Trinajstić information content (AvgIpc) is 2.81. The van der Waals surface area contributed by atoms with Crippen LogP contribution >= 0.6 is 0 Å². The van der Waals surface area contributed by atoms with Gasteiger partial charge < -0.3 is 4.98 Å². The van der Waals surface area contributed by atoms with Crippen LogP contribution in [0.2, 0.25) is 0 Å². The number of aromatic amines is 1. The highest BCUT2D eigenvalue weighted by Gasteiger charge is 2.30. The second-order valence-electron chi connectivity index (χ2n) is 5.02. The molecule has 1 heterocycles. The average molecular weight is 290 g/mol. The van der Waals surface area contributed by atoms with Crippen molar-refractivity contribution in [3.8, 4) is 0 Å². The van der Waals surface area contributed by atoms with Crippen molar-refractivity contribution in [1.29, 1.82) is 0 Å². The van der Waals surface area contributed by atoms with E-state index in [4.69, 9.17) is 0 Å². The smallest absolute Gasteiger partial charge is 0.342 e. The maximum Gasteiger partial charge on any atom is 0.416 e. The fraction of sp³-hybridized carbons (Fsp3) is 0.188. The Labute approximate surface area is 119 Å². The van der Waals surface area contributed by atoms with Crippen molar-refractivity contribution in [3.05, 3.63) is 65.0 Å². The number of nitrogens with zero attached hydrogens (tertiary/aromatic N) is 1. The Bertz CT molecular complexity index is 788. The minimum Gasteiger partial charge on any atom is -0.342 e. The van der Waals surface area contributed by atoms with Crippen molar-refractivity contribution in [2.45, 2.75) is 19.5 Å². The third-order valence-corrected chi connectivity index (χ3v) is 3.48. The molecule has 2 nitrogen and oxygen atoms in total. The van der Waals surface area contributed by atoms with Crippen LogP contribution in [0.4, 0.5) is 13.2 Å². The number of alkyl halides is 3. The number of nitrogens with one attached hydrogen (secondary N) is 1. The lowest BCUT2D eigenvalue weighted by Crippen LogP contribution is -2.04. The number of aryl methyl sites for hydroxylation is 1. The van der Waals surface area contributed by atoms with Crippen LogP contribution in [0.25, 0.3) is 11.0 Å². The Morgan fingerprint density at radius 2 is 1.86 bits per heavy atom. The molecule has 3 rings (SSSR count). The summed E-state index contributed by atoms with van der Waals surface area (Å²) in [7, 11) is 0. The van der Waals surface area contributed by atoms with Crippen molar-refractivity contribution >= 4 is 11.0 Å². The summed E-state index contributed by atoms with van der Waals surface area (Å²) in [5.74, 6) is 0.665. The van der Waals surface area contributed by atoms with Crippen molar-refractivity contribution in [3.63, 3.8) is 0 Å². The quantitative estimate of drug-likeness (QED) is 0.740. The van der Waals surface area contributed by atoms with Gasteiger partial charge in [-0.2, -0.15) is 13.2 Å². The molecule has 0 radical (unpaired) electrons. The number of hydrogen-bond donors (Lipinski definition) is 1. The number of rotatable bonds is 2. The second kappa shape index (κ2) is 4.91. The van der Waals surface area contributed by atoms with Gasteiger partial charge in [0.15, 0.2) is 0 Å². The molecule has 0 amide bonds. The van der Waals surface area contributed by atoms with Crippen molar-refractivity contribution in [2.75, 3.05) is 0 Å². The highest BCUT2D eigenvalue weighted by molar-refractivity contribution is 5.76. The zero-order valence-corrected chi connectivity index (χ0v) is 11.3. The SMILES string of the molecule is Cc1ccccc1Cc1nc2ccc(C(F)(F)F)cc2[nH]1. The zero-order valence-electron chi connectivity index (χ0n) is 11.3. The molecule has 0 bridgehead atoms. The lowest BCUT2D eigenvalue weighted by atomic mass is 10.1. The lowest BCUT2D eigenvalue weighted by Gasteiger charge is -2.05. The zero-order chi connectivity index (χ0) is 15.0. The molecule has 5 heteroatoms. The molecule has 108 valence electrons. The van der Waals surface area contributed by atoms with Gasteiger partial charge >= 0.3 is 6.18 Å². The number of halogens is 3. The third kappa shape index (κ3) is 2.77. The van der Waals surface area contributed by atoms with Crippen LogP contribution in [0.15, 0.2) is 42.5 Å². The summed E-state index contributed by atoms with van der Waals surface area (Å²) in [5.41, 5.74) is 2.53. The molecule has 3 aromatic rings. The summed E-state index contributed by atoms with van der Waals surface area (Å²) in [4.78, 5) is 7.32. The Kier molecular flexibility index (Phi) is 3.20. The molecule has 0 aliphatic heterocycles. The van der Waals surface area contributed by atoms with Gasteiger partial charge in [-0.25, -0.2) is 4.98 Å². The molecular weight excluding hydrogens is 277 g/mol. The normalized spacial score (nSPS) is 12.0. The lowest BCUT2D eigenvalue weighted by molar-refractivity contribution is -0.137. The number of imidazole rings is 1. The molecular formula is C16H13F3N2. The molecule has 0 aliphatic rings. The molecule has 1 N–H and O–H groups in total. The van der Waals surface area contributed by atoms with Crippen molar-refractivity contribution in [1.82, 2.24) is 9.97 Å². The van der Waals surface area contributed by atoms with Gasteiger partial charge in [0.2, 0.25) is 0 Å². The Balaban J connectivity index is 1.96. The highest BCUT2D eigenvalue weighted by atomic mass is 19.4.